The molecule has 29 heavy (non-hydrogen) atoms. The van der Waals surface area contributed by atoms with Crippen molar-refractivity contribution in [3.8, 4) is 11.5 Å². The van der Waals surface area contributed by atoms with E-state index in [9.17, 15) is 14.7 Å². The van der Waals surface area contributed by atoms with Gasteiger partial charge in [-0.05, 0) is 74.7 Å². The summed E-state index contributed by atoms with van der Waals surface area (Å²) in [5.74, 6) is -0.408. The minimum Gasteiger partial charge on any atom is -0.493 e. The van der Waals surface area contributed by atoms with Crippen LogP contribution in [0.4, 0.5) is 5.69 Å². The Hall–Kier alpha value is -2.65. The van der Waals surface area contributed by atoms with Gasteiger partial charge in [0.05, 0.1) is 41.2 Å². The number of carbonyl (C=O) groups excluding carboxylic acids is 1. The van der Waals surface area contributed by atoms with Gasteiger partial charge in [-0.3, -0.25) is 4.79 Å². The topological polar surface area (TPSA) is 88.4 Å². The van der Waals surface area contributed by atoms with Crippen molar-refractivity contribution in [1.82, 2.24) is 0 Å². The zero-order chi connectivity index (χ0) is 21.3. The molecular weight excluding hydrogens is 508 g/mol. The zero-order valence-corrected chi connectivity index (χ0v) is 18.9. The highest BCUT2D eigenvalue weighted by Crippen LogP contribution is 2.43. The summed E-state index contributed by atoms with van der Waals surface area (Å²) in [6, 6.07) is 7.81. The van der Waals surface area contributed by atoms with Crippen molar-refractivity contribution in [2.75, 3.05) is 19.2 Å². The van der Waals surface area contributed by atoms with E-state index in [1.165, 1.54) is 31.4 Å². The number of benzene rings is 2. The average molecular weight is 524 g/mol. The Labute approximate surface area is 183 Å². The number of carboxylic acids is 1. The first-order valence-electron chi connectivity index (χ1n) is 8.33. The number of aromatic carboxylic acids is 1. The van der Waals surface area contributed by atoms with Crippen LogP contribution in [0, 0.1) is 0 Å². The maximum atomic E-state index is 13.0. The van der Waals surface area contributed by atoms with Crippen LogP contribution in [0.5, 0.6) is 11.5 Å². The molecule has 0 aromatic heterocycles. The molecule has 0 saturated carbocycles. The Kier molecular flexibility index (Phi) is 6.09. The summed E-state index contributed by atoms with van der Waals surface area (Å²) in [4.78, 5) is 24.2. The van der Waals surface area contributed by atoms with E-state index in [4.69, 9.17) is 9.47 Å². The lowest BCUT2D eigenvalue weighted by Crippen LogP contribution is -2.21. The summed E-state index contributed by atoms with van der Waals surface area (Å²) < 4.78 is 12.1. The number of halogens is 2. The van der Waals surface area contributed by atoms with E-state index in [1.54, 1.807) is 31.2 Å². The minimum absolute atomic E-state index is 0.0761. The second kappa shape index (κ2) is 8.38. The molecule has 0 radical (unpaired) electrons. The summed E-state index contributed by atoms with van der Waals surface area (Å²) in [5, 5.41) is 14.7. The van der Waals surface area contributed by atoms with Gasteiger partial charge in [-0.15, -0.1) is 0 Å². The lowest BCUT2D eigenvalue weighted by molar-refractivity contribution is -0.114. The monoisotopic (exact) mass is 522 g/mol. The number of methoxy groups -OCH3 is 2. The molecular formula is C20H16Br2N2O5. The summed E-state index contributed by atoms with van der Waals surface area (Å²) in [6.45, 7) is 1.72. The van der Waals surface area contributed by atoms with Gasteiger partial charge in [-0.1, -0.05) is 6.07 Å². The highest BCUT2D eigenvalue weighted by molar-refractivity contribution is 9.13. The predicted octanol–water partition coefficient (Wildman–Crippen LogP) is 4.73. The van der Waals surface area contributed by atoms with Crippen LogP contribution >= 0.6 is 31.9 Å². The van der Waals surface area contributed by atoms with Crippen LogP contribution in [0.15, 0.2) is 50.0 Å². The van der Waals surface area contributed by atoms with Gasteiger partial charge in [0.25, 0.3) is 5.91 Å². The molecule has 3 rings (SSSR count). The van der Waals surface area contributed by atoms with Gasteiger partial charge in [-0.25, -0.2) is 4.79 Å². The normalized spacial score (nSPS) is 14.9. The molecule has 1 N–H and O–H groups in total. The lowest BCUT2D eigenvalue weighted by Gasteiger charge is -2.14. The summed E-state index contributed by atoms with van der Waals surface area (Å²) >= 11 is 6.98. The van der Waals surface area contributed by atoms with Gasteiger partial charge in [0.15, 0.2) is 11.5 Å². The van der Waals surface area contributed by atoms with Crippen LogP contribution in [-0.2, 0) is 4.79 Å². The van der Waals surface area contributed by atoms with E-state index in [0.717, 1.165) is 0 Å². The Balaban J connectivity index is 2.04. The molecule has 0 fully saturated rings. The third-order valence-corrected chi connectivity index (χ3v) is 6.42. The van der Waals surface area contributed by atoms with Gasteiger partial charge < -0.3 is 14.6 Å². The summed E-state index contributed by atoms with van der Waals surface area (Å²) in [7, 11) is 3.06. The van der Waals surface area contributed by atoms with Crippen LogP contribution in [0.3, 0.4) is 0 Å². The molecule has 0 spiro atoms. The van der Waals surface area contributed by atoms with Crippen molar-refractivity contribution in [1.29, 1.82) is 0 Å². The number of hydrogen-bond acceptors (Lipinski definition) is 5. The molecule has 1 heterocycles. The van der Waals surface area contributed by atoms with E-state index >= 15 is 0 Å². The Morgan fingerprint density at radius 3 is 2.52 bits per heavy atom. The number of hydrogen-bond donors (Lipinski definition) is 1. The summed E-state index contributed by atoms with van der Waals surface area (Å²) in [5.41, 5.74) is 2.03. The van der Waals surface area contributed by atoms with Crippen LogP contribution in [0.25, 0.3) is 6.08 Å². The second-order valence-electron chi connectivity index (χ2n) is 6.05. The summed E-state index contributed by atoms with van der Waals surface area (Å²) in [6.07, 6.45) is 1.69. The average Bonchev–Trinajstić information content (AvgIpc) is 2.99. The molecule has 0 aliphatic carbocycles. The largest absolute Gasteiger partial charge is 0.493 e. The molecule has 0 saturated heterocycles. The smallest absolute Gasteiger partial charge is 0.335 e. The number of rotatable bonds is 5. The molecule has 2 aromatic carbocycles. The van der Waals surface area contributed by atoms with Gasteiger partial charge in [-0.2, -0.15) is 10.1 Å². The SMILES string of the molecule is COc1cc(C=C2C(=O)N(c3cccc(C(=O)O)c3)N=C2C)c(Br)c(Br)c1OC. The number of carboxylic acid groups (broad SMARTS) is 1. The zero-order valence-electron chi connectivity index (χ0n) is 15.7. The molecule has 0 bridgehead atoms. The van der Waals surface area contributed by atoms with E-state index in [-0.39, 0.29) is 11.5 Å². The third kappa shape index (κ3) is 3.92. The van der Waals surface area contributed by atoms with Gasteiger partial charge in [0.2, 0.25) is 0 Å². The maximum absolute atomic E-state index is 13.0. The third-order valence-electron chi connectivity index (χ3n) is 4.28. The Morgan fingerprint density at radius 1 is 1.17 bits per heavy atom. The minimum atomic E-state index is -1.07. The Morgan fingerprint density at radius 2 is 1.90 bits per heavy atom. The van der Waals surface area contributed by atoms with Crippen molar-refractivity contribution >= 4 is 61.2 Å². The molecule has 7 nitrogen and oxygen atoms in total. The van der Waals surface area contributed by atoms with Crippen molar-refractivity contribution in [3.63, 3.8) is 0 Å². The fourth-order valence-electron chi connectivity index (χ4n) is 2.84. The highest BCUT2D eigenvalue weighted by Gasteiger charge is 2.29. The highest BCUT2D eigenvalue weighted by atomic mass is 79.9. The van der Waals surface area contributed by atoms with Crippen LogP contribution in [0.2, 0.25) is 0 Å². The molecule has 0 atom stereocenters. The van der Waals surface area contributed by atoms with Crippen molar-refractivity contribution in [2.45, 2.75) is 6.92 Å². The fourth-order valence-corrected chi connectivity index (χ4v) is 3.83. The second-order valence-corrected chi connectivity index (χ2v) is 7.63. The first-order chi connectivity index (χ1) is 13.8. The number of amides is 1. The maximum Gasteiger partial charge on any atom is 0.335 e. The first kappa shape index (κ1) is 21.1. The molecule has 150 valence electrons. The number of anilines is 1. The number of ether oxygens (including phenoxy) is 2. The molecule has 0 unspecified atom stereocenters. The molecule has 1 aliphatic heterocycles. The van der Waals surface area contributed by atoms with Gasteiger partial charge in [0.1, 0.15) is 0 Å². The first-order valence-corrected chi connectivity index (χ1v) is 9.92. The Bertz CT molecular complexity index is 1080. The van der Waals surface area contributed by atoms with E-state index < -0.39 is 5.97 Å². The molecule has 1 amide bonds. The van der Waals surface area contributed by atoms with E-state index in [2.05, 4.69) is 37.0 Å². The fraction of sp³-hybridized carbons (Fsp3) is 0.150. The van der Waals surface area contributed by atoms with E-state index in [1.807, 2.05) is 0 Å². The van der Waals surface area contributed by atoms with Gasteiger partial charge in [0, 0.05) is 4.47 Å². The van der Waals surface area contributed by atoms with Crippen LogP contribution in [0.1, 0.15) is 22.8 Å². The standard InChI is InChI=1S/C20H16Br2N2O5/c1-10-14(8-12-9-15(28-2)18(29-3)17(22)16(12)21)19(25)24(23-10)13-6-4-5-11(7-13)20(26)27/h4-9H,1-3H3,(H,26,27). The number of hydrazone groups is 1. The molecule has 2 aromatic rings. The van der Waals surface area contributed by atoms with Gasteiger partial charge >= 0.3 is 5.97 Å². The van der Waals surface area contributed by atoms with Crippen molar-refractivity contribution < 1.29 is 24.2 Å². The van der Waals surface area contributed by atoms with Crippen molar-refractivity contribution in [3.05, 3.63) is 56.0 Å². The molecule has 9 heteroatoms. The van der Waals surface area contributed by atoms with Crippen LogP contribution in [-0.4, -0.2) is 36.9 Å². The van der Waals surface area contributed by atoms with E-state index in [0.29, 0.717) is 43.0 Å². The molecule has 1 aliphatic rings. The van der Waals surface area contributed by atoms with Crippen LogP contribution < -0.4 is 14.5 Å². The van der Waals surface area contributed by atoms with Crippen molar-refractivity contribution in [2.24, 2.45) is 5.10 Å². The number of carbonyl (C=O) groups is 2. The lowest BCUT2D eigenvalue weighted by atomic mass is 10.1. The number of nitrogens with zero attached hydrogens (tertiary/aromatic N) is 2. The quantitative estimate of drug-likeness (QED) is 0.572. The predicted molar refractivity (Wildman–Crippen MR) is 117 cm³/mol.